The molecule has 2 nitrogen and oxygen atoms in total. The summed E-state index contributed by atoms with van der Waals surface area (Å²) in [4.78, 5) is 14.2. The number of carbonyl (C=O) groups is 1. The van der Waals surface area contributed by atoms with Gasteiger partial charge in [0.25, 0.3) is 0 Å². The fourth-order valence-corrected chi connectivity index (χ4v) is 2.49. The van der Waals surface area contributed by atoms with Crippen molar-refractivity contribution in [3.63, 3.8) is 0 Å². The van der Waals surface area contributed by atoms with Crippen LogP contribution in [0, 0.1) is 13.8 Å². The molecule has 0 N–H and O–H groups in total. The maximum atomic E-state index is 12.3. The second kappa shape index (κ2) is 6.10. The lowest BCUT2D eigenvalue weighted by Gasteiger charge is -2.20. The highest BCUT2D eigenvalue weighted by atomic mass is 35.5. The van der Waals surface area contributed by atoms with Gasteiger partial charge in [0.2, 0.25) is 0 Å². The number of ketones is 1. The maximum Gasteiger partial charge on any atom is 0.183 e. The number of rotatable bonds is 4. The van der Waals surface area contributed by atoms with E-state index in [9.17, 15) is 4.79 Å². The van der Waals surface area contributed by atoms with Crippen LogP contribution in [0.3, 0.4) is 0 Å². The summed E-state index contributed by atoms with van der Waals surface area (Å²) in [6, 6.07) is 13.4. The van der Waals surface area contributed by atoms with E-state index < -0.39 is 0 Å². The van der Waals surface area contributed by atoms with Gasteiger partial charge in [0.15, 0.2) is 5.78 Å². The highest BCUT2D eigenvalue weighted by Crippen LogP contribution is 2.20. The van der Waals surface area contributed by atoms with Gasteiger partial charge in [-0.25, -0.2) is 0 Å². The molecule has 0 aliphatic heterocycles. The third kappa shape index (κ3) is 3.40. The molecule has 3 heteroatoms. The summed E-state index contributed by atoms with van der Waals surface area (Å²) in [6.45, 7) is 4.42. The van der Waals surface area contributed by atoms with Gasteiger partial charge in [-0.05, 0) is 49.2 Å². The van der Waals surface area contributed by atoms with Crippen LogP contribution < -0.4 is 4.90 Å². The monoisotopic (exact) mass is 287 g/mol. The van der Waals surface area contributed by atoms with Gasteiger partial charge in [-0.1, -0.05) is 29.8 Å². The molecule has 0 heterocycles. The standard InChI is InChI=1S/C17H18ClNO/c1-12-8-13(2)10-14(9-12)19(3)11-17(20)15-6-4-5-7-16(15)18/h4-10H,11H2,1-3H3. The number of aryl methyl sites for hydroxylation is 2. The first-order chi connectivity index (χ1) is 9.47. The van der Waals surface area contributed by atoms with Gasteiger partial charge in [0, 0.05) is 18.3 Å². The van der Waals surface area contributed by atoms with Gasteiger partial charge in [-0.15, -0.1) is 0 Å². The van der Waals surface area contributed by atoms with Crippen LogP contribution in [0.1, 0.15) is 21.5 Å². The van der Waals surface area contributed by atoms with E-state index in [2.05, 4.69) is 32.0 Å². The van der Waals surface area contributed by atoms with E-state index in [0.29, 0.717) is 17.1 Å². The molecule has 0 bridgehead atoms. The van der Waals surface area contributed by atoms with E-state index >= 15 is 0 Å². The largest absolute Gasteiger partial charge is 0.367 e. The molecule has 0 fully saturated rings. The number of carbonyl (C=O) groups excluding carboxylic acids is 1. The first-order valence-corrected chi connectivity index (χ1v) is 6.92. The van der Waals surface area contributed by atoms with Crippen LogP contribution in [-0.4, -0.2) is 19.4 Å². The van der Waals surface area contributed by atoms with E-state index in [0.717, 1.165) is 5.69 Å². The third-order valence-corrected chi connectivity index (χ3v) is 3.53. The molecule has 104 valence electrons. The van der Waals surface area contributed by atoms with Gasteiger partial charge in [-0.3, -0.25) is 4.79 Å². The molecule has 2 aromatic rings. The van der Waals surface area contributed by atoms with Crippen molar-refractivity contribution in [1.82, 2.24) is 0 Å². The van der Waals surface area contributed by atoms with Crippen LogP contribution in [0.25, 0.3) is 0 Å². The van der Waals surface area contributed by atoms with Gasteiger partial charge < -0.3 is 4.90 Å². The molecule has 2 aromatic carbocycles. The molecule has 0 saturated heterocycles. The van der Waals surface area contributed by atoms with E-state index in [1.54, 1.807) is 12.1 Å². The van der Waals surface area contributed by atoms with Crippen molar-refractivity contribution in [3.8, 4) is 0 Å². The van der Waals surface area contributed by atoms with E-state index in [1.165, 1.54) is 11.1 Å². The predicted octanol–water partition coefficient (Wildman–Crippen LogP) is 4.28. The molecule has 20 heavy (non-hydrogen) atoms. The van der Waals surface area contributed by atoms with Crippen LogP contribution >= 0.6 is 11.6 Å². The van der Waals surface area contributed by atoms with E-state index in [4.69, 9.17) is 11.6 Å². The van der Waals surface area contributed by atoms with Crippen LogP contribution in [0.2, 0.25) is 5.02 Å². The van der Waals surface area contributed by atoms with Crippen LogP contribution in [0.15, 0.2) is 42.5 Å². The van der Waals surface area contributed by atoms with Crippen LogP contribution in [0.4, 0.5) is 5.69 Å². The molecule has 0 amide bonds. The van der Waals surface area contributed by atoms with E-state index in [-0.39, 0.29) is 5.78 Å². The van der Waals surface area contributed by atoms with Crippen molar-refractivity contribution < 1.29 is 4.79 Å². The Morgan fingerprint density at radius 2 is 1.70 bits per heavy atom. The zero-order valence-electron chi connectivity index (χ0n) is 12.0. The van der Waals surface area contributed by atoms with Crippen LogP contribution in [0.5, 0.6) is 0 Å². The first-order valence-electron chi connectivity index (χ1n) is 6.54. The molecule has 0 aliphatic rings. The molecule has 0 unspecified atom stereocenters. The Morgan fingerprint density at radius 3 is 2.30 bits per heavy atom. The molecule has 2 rings (SSSR count). The summed E-state index contributed by atoms with van der Waals surface area (Å²) in [7, 11) is 1.92. The minimum atomic E-state index is 0.0252. The van der Waals surface area contributed by atoms with Crippen LogP contribution in [-0.2, 0) is 0 Å². The van der Waals surface area contributed by atoms with Crippen molar-refractivity contribution in [3.05, 3.63) is 64.2 Å². The van der Waals surface area contributed by atoms with Gasteiger partial charge >= 0.3 is 0 Å². The molecular weight excluding hydrogens is 270 g/mol. The molecule has 0 radical (unpaired) electrons. The Balaban J connectivity index is 2.17. The van der Waals surface area contributed by atoms with E-state index in [1.807, 2.05) is 24.1 Å². The molecule has 0 aliphatic carbocycles. The van der Waals surface area contributed by atoms with Crippen molar-refractivity contribution in [1.29, 1.82) is 0 Å². The van der Waals surface area contributed by atoms with Gasteiger partial charge in [0.05, 0.1) is 11.6 Å². The summed E-state index contributed by atoms with van der Waals surface area (Å²) in [5.41, 5.74) is 4.00. The SMILES string of the molecule is Cc1cc(C)cc(N(C)CC(=O)c2ccccc2Cl)c1. The van der Waals surface area contributed by atoms with Crippen molar-refractivity contribution in [2.24, 2.45) is 0 Å². The quantitative estimate of drug-likeness (QED) is 0.783. The second-order valence-corrected chi connectivity index (χ2v) is 5.51. The Hall–Kier alpha value is -1.80. The zero-order valence-corrected chi connectivity index (χ0v) is 12.7. The number of benzene rings is 2. The average molecular weight is 288 g/mol. The minimum absolute atomic E-state index is 0.0252. The number of hydrogen-bond donors (Lipinski definition) is 0. The number of anilines is 1. The Bertz CT molecular complexity index is 616. The number of halogens is 1. The lowest BCUT2D eigenvalue weighted by atomic mass is 10.1. The minimum Gasteiger partial charge on any atom is -0.367 e. The van der Waals surface area contributed by atoms with Crippen molar-refractivity contribution in [2.45, 2.75) is 13.8 Å². The van der Waals surface area contributed by atoms with Gasteiger partial charge in [0.1, 0.15) is 0 Å². The summed E-state index contributed by atoms with van der Waals surface area (Å²) in [6.07, 6.45) is 0. The van der Waals surface area contributed by atoms with Crippen molar-refractivity contribution >= 4 is 23.1 Å². The molecular formula is C17H18ClNO. The topological polar surface area (TPSA) is 20.3 Å². The summed E-state index contributed by atoms with van der Waals surface area (Å²) >= 11 is 6.06. The number of likely N-dealkylation sites (N-methyl/N-ethyl adjacent to an activating group) is 1. The highest BCUT2D eigenvalue weighted by Gasteiger charge is 2.13. The normalized spacial score (nSPS) is 10.4. The predicted molar refractivity (Wildman–Crippen MR) is 85.0 cm³/mol. The lowest BCUT2D eigenvalue weighted by molar-refractivity contribution is 0.100. The fourth-order valence-electron chi connectivity index (χ4n) is 2.25. The lowest BCUT2D eigenvalue weighted by Crippen LogP contribution is -2.25. The molecule has 0 saturated carbocycles. The summed E-state index contributed by atoms with van der Waals surface area (Å²) < 4.78 is 0. The Labute approximate surface area is 125 Å². The smallest absolute Gasteiger partial charge is 0.183 e. The van der Waals surface area contributed by atoms with Gasteiger partial charge in [-0.2, -0.15) is 0 Å². The highest BCUT2D eigenvalue weighted by molar-refractivity contribution is 6.34. The summed E-state index contributed by atoms with van der Waals surface area (Å²) in [5.74, 6) is 0.0252. The average Bonchev–Trinajstić information content (AvgIpc) is 2.37. The Morgan fingerprint density at radius 1 is 1.10 bits per heavy atom. The fraction of sp³-hybridized carbons (Fsp3) is 0.235. The second-order valence-electron chi connectivity index (χ2n) is 5.10. The van der Waals surface area contributed by atoms with Crippen molar-refractivity contribution in [2.75, 3.05) is 18.5 Å². The maximum absolute atomic E-state index is 12.3. The summed E-state index contributed by atoms with van der Waals surface area (Å²) in [5, 5.41) is 0.506. The number of Topliss-reactive ketones (excluding diaryl/α,β-unsaturated/α-hetero) is 1. The molecule has 0 atom stereocenters. The molecule has 0 aromatic heterocycles. The number of hydrogen-bond acceptors (Lipinski definition) is 2. The zero-order chi connectivity index (χ0) is 14.7. The first kappa shape index (κ1) is 14.6. The Kier molecular flexibility index (Phi) is 4.46. The third-order valence-electron chi connectivity index (χ3n) is 3.20. The number of nitrogens with zero attached hydrogens (tertiary/aromatic N) is 1. The molecule has 0 spiro atoms.